The fourth-order valence-corrected chi connectivity index (χ4v) is 5.08. The van der Waals surface area contributed by atoms with Crippen molar-refractivity contribution in [2.45, 2.75) is 32.7 Å². The fourth-order valence-electron chi connectivity index (χ4n) is 5.08. The van der Waals surface area contributed by atoms with E-state index in [-0.39, 0.29) is 37.1 Å². The van der Waals surface area contributed by atoms with Crippen molar-refractivity contribution in [1.29, 1.82) is 0 Å². The van der Waals surface area contributed by atoms with Gasteiger partial charge < -0.3 is 14.7 Å². The van der Waals surface area contributed by atoms with Crippen LogP contribution in [0.15, 0.2) is 72.8 Å². The van der Waals surface area contributed by atoms with E-state index in [1.54, 1.807) is 17.0 Å². The van der Waals surface area contributed by atoms with Gasteiger partial charge in [0.15, 0.2) is 5.75 Å². The topological polar surface area (TPSA) is 32.7 Å². The second kappa shape index (κ2) is 9.78. The number of ether oxygens (including phenoxy) is 1. The zero-order valence-electron chi connectivity index (χ0n) is 19.5. The number of rotatable bonds is 8. The Labute approximate surface area is 203 Å². The number of aryl methyl sites for hydroxylation is 1. The normalized spacial score (nSPS) is 22.5. The predicted molar refractivity (Wildman–Crippen MR) is 130 cm³/mol. The second-order valence-electron chi connectivity index (χ2n) is 9.47. The number of para-hydroxylation sites is 1. The van der Waals surface area contributed by atoms with Crippen LogP contribution in [0.1, 0.15) is 23.1 Å². The predicted octanol–water partition coefficient (Wildman–Crippen LogP) is 6.72. The van der Waals surface area contributed by atoms with E-state index in [0.29, 0.717) is 28.7 Å². The van der Waals surface area contributed by atoms with Crippen LogP contribution in [-0.2, 0) is 13.2 Å². The summed E-state index contributed by atoms with van der Waals surface area (Å²) in [5, 5.41) is 9.89. The average molecular weight is 480 g/mol. The van der Waals surface area contributed by atoms with Gasteiger partial charge in [-0.15, -0.1) is 0 Å². The van der Waals surface area contributed by atoms with Crippen LogP contribution < -0.4 is 9.64 Å². The van der Waals surface area contributed by atoms with E-state index in [1.807, 2.05) is 49.4 Å². The van der Waals surface area contributed by atoms with Gasteiger partial charge in [-0.25, -0.2) is 13.2 Å². The van der Waals surface area contributed by atoms with Crippen LogP contribution in [0, 0.1) is 36.3 Å². The number of aliphatic hydroxyl groups is 1. The molecule has 3 aromatic carbocycles. The molecule has 6 heteroatoms. The molecule has 4 atom stereocenters. The number of hydrogen-bond donors (Lipinski definition) is 1. The number of nitrogens with zero attached hydrogens (tertiary/aromatic N) is 1. The summed E-state index contributed by atoms with van der Waals surface area (Å²) in [6.07, 6.45) is 3.34. The Kier molecular flexibility index (Phi) is 6.56. The van der Waals surface area contributed by atoms with Crippen molar-refractivity contribution >= 4 is 5.69 Å². The summed E-state index contributed by atoms with van der Waals surface area (Å²) in [6, 6.07) is 16.6. The molecule has 1 N–H and O–H groups in total. The number of allylic oxidation sites excluding steroid dienone is 2. The van der Waals surface area contributed by atoms with Gasteiger partial charge in [0.25, 0.3) is 0 Å². The van der Waals surface area contributed by atoms with Crippen LogP contribution >= 0.6 is 0 Å². The van der Waals surface area contributed by atoms with Crippen molar-refractivity contribution in [3.8, 4) is 11.5 Å². The van der Waals surface area contributed by atoms with Crippen molar-refractivity contribution in [3.05, 3.63) is 101 Å². The summed E-state index contributed by atoms with van der Waals surface area (Å²) in [5.41, 5.74) is 1.89. The smallest absolute Gasteiger partial charge is 0.153 e. The summed E-state index contributed by atoms with van der Waals surface area (Å²) < 4.78 is 50.7. The minimum absolute atomic E-state index is 0.0840. The molecule has 1 fully saturated rings. The minimum Gasteiger partial charge on any atom is -0.455 e. The van der Waals surface area contributed by atoms with Crippen LogP contribution in [0.2, 0.25) is 0 Å². The van der Waals surface area contributed by atoms with Gasteiger partial charge in [0.1, 0.15) is 23.6 Å². The molecule has 2 aliphatic rings. The highest BCUT2D eigenvalue weighted by molar-refractivity contribution is 5.65. The van der Waals surface area contributed by atoms with Crippen LogP contribution in [0.5, 0.6) is 11.5 Å². The summed E-state index contributed by atoms with van der Waals surface area (Å²) >= 11 is 0. The molecular formula is C29H28F3NO2. The fraction of sp³-hybridized carbons (Fsp3) is 0.310. The van der Waals surface area contributed by atoms with Crippen molar-refractivity contribution in [2.75, 3.05) is 11.4 Å². The molecule has 2 aliphatic carbocycles. The van der Waals surface area contributed by atoms with Gasteiger partial charge in [-0.2, -0.15) is 0 Å². The third kappa shape index (κ3) is 4.94. The quantitative estimate of drug-likeness (QED) is 0.364. The first-order valence-electron chi connectivity index (χ1n) is 11.9. The van der Waals surface area contributed by atoms with E-state index in [9.17, 15) is 13.9 Å². The highest BCUT2D eigenvalue weighted by Crippen LogP contribution is 2.51. The molecule has 35 heavy (non-hydrogen) atoms. The minimum atomic E-state index is -1.13. The Balaban J connectivity index is 1.59. The maximum Gasteiger partial charge on any atom is 0.153 e. The molecule has 0 saturated heterocycles. The average Bonchev–Trinajstić information content (AvgIpc) is 3.64. The first kappa shape index (κ1) is 23.5. The number of halogens is 3. The summed E-state index contributed by atoms with van der Waals surface area (Å²) in [7, 11) is 0. The van der Waals surface area contributed by atoms with Gasteiger partial charge in [-0.05, 0) is 72.7 Å². The van der Waals surface area contributed by atoms with Crippen LogP contribution in [0.25, 0.3) is 0 Å². The van der Waals surface area contributed by atoms with Crippen molar-refractivity contribution in [2.24, 2.45) is 17.8 Å². The molecule has 0 aromatic heterocycles. The van der Waals surface area contributed by atoms with Gasteiger partial charge in [-0.3, -0.25) is 0 Å². The Morgan fingerprint density at radius 2 is 1.74 bits per heavy atom. The Bertz CT molecular complexity index is 1210. The molecule has 0 bridgehead atoms. The molecule has 1 saturated carbocycles. The van der Waals surface area contributed by atoms with Gasteiger partial charge >= 0.3 is 0 Å². The zero-order chi connectivity index (χ0) is 24.5. The molecule has 0 aliphatic heterocycles. The molecule has 0 spiro atoms. The van der Waals surface area contributed by atoms with Gasteiger partial charge in [0, 0.05) is 24.6 Å². The van der Waals surface area contributed by atoms with Gasteiger partial charge in [0.2, 0.25) is 0 Å². The molecule has 0 radical (unpaired) electrons. The number of benzene rings is 3. The maximum absolute atomic E-state index is 15.0. The van der Waals surface area contributed by atoms with Gasteiger partial charge in [0.05, 0.1) is 12.3 Å². The van der Waals surface area contributed by atoms with Crippen molar-refractivity contribution < 1.29 is 23.0 Å². The first-order chi connectivity index (χ1) is 16.9. The second-order valence-corrected chi connectivity index (χ2v) is 9.47. The molecule has 3 nitrogen and oxygen atoms in total. The summed E-state index contributed by atoms with van der Waals surface area (Å²) in [5.74, 6) is 0.0900. The van der Waals surface area contributed by atoms with E-state index in [0.717, 1.165) is 12.0 Å². The third-order valence-corrected chi connectivity index (χ3v) is 7.04. The highest BCUT2D eigenvalue weighted by atomic mass is 19.1. The SMILES string of the molecule is Cc1cc(CO)cc(N(Cc2c(F)cccc2F)CC2C(F)C=CC3CC32)c1Oc1ccccc1. The number of aliphatic hydroxyl groups excluding tert-OH is 1. The van der Waals surface area contributed by atoms with E-state index < -0.39 is 17.8 Å². The summed E-state index contributed by atoms with van der Waals surface area (Å²) in [4.78, 5) is 1.80. The van der Waals surface area contributed by atoms with E-state index in [2.05, 4.69) is 0 Å². The molecule has 5 rings (SSSR count). The van der Waals surface area contributed by atoms with E-state index in [1.165, 1.54) is 18.2 Å². The lowest BCUT2D eigenvalue weighted by Crippen LogP contribution is -2.36. The van der Waals surface area contributed by atoms with Crippen LogP contribution in [0.4, 0.5) is 18.9 Å². The monoisotopic (exact) mass is 479 g/mol. The lowest BCUT2D eigenvalue weighted by molar-refractivity contribution is 0.242. The highest BCUT2D eigenvalue weighted by Gasteiger charge is 2.47. The standard InChI is InChI=1S/C29H28F3NO2/c1-18-12-19(17-34)13-28(29(18)35-21-6-3-2-4-7-21)33(16-24-25(30)8-5-9-26(24)31)15-23-22-14-20(22)10-11-27(23)32/h2-13,20,22-23,27,34H,14-17H2,1H3. The van der Waals surface area contributed by atoms with E-state index >= 15 is 4.39 Å². The Hall–Kier alpha value is -3.25. The molecule has 4 unspecified atom stereocenters. The number of fused-ring (bicyclic) bond motifs is 1. The molecule has 182 valence electrons. The zero-order valence-corrected chi connectivity index (χ0v) is 19.5. The number of alkyl halides is 1. The Morgan fingerprint density at radius 3 is 2.46 bits per heavy atom. The molecular weight excluding hydrogens is 451 g/mol. The summed E-state index contributed by atoms with van der Waals surface area (Å²) in [6.45, 7) is 1.83. The van der Waals surface area contributed by atoms with Gasteiger partial charge in [-0.1, -0.05) is 36.4 Å². The van der Waals surface area contributed by atoms with Crippen molar-refractivity contribution in [1.82, 2.24) is 0 Å². The lowest BCUT2D eigenvalue weighted by Gasteiger charge is -2.33. The van der Waals surface area contributed by atoms with E-state index in [4.69, 9.17) is 4.74 Å². The van der Waals surface area contributed by atoms with Crippen LogP contribution in [0.3, 0.4) is 0 Å². The maximum atomic E-state index is 15.0. The largest absolute Gasteiger partial charge is 0.455 e. The van der Waals surface area contributed by atoms with Crippen LogP contribution in [-0.4, -0.2) is 17.8 Å². The van der Waals surface area contributed by atoms with Crippen molar-refractivity contribution in [3.63, 3.8) is 0 Å². The number of hydrogen-bond acceptors (Lipinski definition) is 3. The lowest BCUT2D eigenvalue weighted by atomic mass is 9.91. The Morgan fingerprint density at radius 1 is 1.00 bits per heavy atom. The third-order valence-electron chi connectivity index (χ3n) is 7.04. The molecule has 0 heterocycles. The molecule has 3 aromatic rings. The number of anilines is 1. The molecule has 0 amide bonds. The first-order valence-corrected chi connectivity index (χ1v) is 11.9.